The minimum absolute atomic E-state index is 0.551. The zero-order chi connectivity index (χ0) is 17.5. The summed E-state index contributed by atoms with van der Waals surface area (Å²) in [6, 6.07) is 15.7. The van der Waals surface area contributed by atoms with Crippen molar-refractivity contribution in [1.29, 1.82) is 0 Å². The molecule has 1 heterocycles. The second-order valence-electron chi connectivity index (χ2n) is 5.33. The van der Waals surface area contributed by atoms with Crippen molar-refractivity contribution in [3.63, 3.8) is 0 Å². The van der Waals surface area contributed by atoms with Crippen molar-refractivity contribution in [3.05, 3.63) is 83.8 Å². The Morgan fingerprint density at radius 1 is 0.840 bits per heavy atom. The van der Waals surface area contributed by atoms with Gasteiger partial charge in [0.05, 0.1) is 0 Å². The van der Waals surface area contributed by atoms with Gasteiger partial charge in [0.15, 0.2) is 0 Å². The summed E-state index contributed by atoms with van der Waals surface area (Å²) in [7, 11) is 0. The molecule has 3 N–H and O–H groups in total. The van der Waals surface area contributed by atoms with Gasteiger partial charge in [-0.3, -0.25) is 0 Å². The van der Waals surface area contributed by atoms with Crippen LogP contribution in [0.3, 0.4) is 0 Å². The quantitative estimate of drug-likeness (QED) is 0.590. The van der Waals surface area contributed by atoms with E-state index in [1.165, 1.54) is 6.20 Å². The van der Waals surface area contributed by atoms with Crippen molar-refractivity contribution in [2.75, 3.05) is 5.32 Å². The lowest BCUT2D eigenvalue weighted by atomic mass is 10.1. The Morgan fingerprint density at radius 2 is 1.48 bits per heavy atom. The second kappa shape index (κ2) is 8.17. The molecule has 5 heteroatoms. The molecule has 0 fully saturated rings. The number of aromatic nitrogens is 2. The van der Waals surface area contributed by atoms with E-state index in [4.69, 9.17) is 5.73 Å². The molecule has 4 nitrogen and oxygen atoms in total. The maximum absolute atomic E-state index is 5.49. The molecule has 0 spiro atoms. The molecule has 0 aliphatic heterocycles. The van der Waals surface area contributed by atoms with Crippen LogP contribution in [-0.4, -0.2) is 9.97 Å². The van der Waals surface area contributed by atoms with Crippen LogP contribution in [0.2, 0.25) is 0 Å². The highest BCUT2D eigenvalue weighted by Crippen LogP contribution is 2.17. The molecule has 0 radical (unpaired) electrons. The topological polar surface area (TPSA) is 63.8 Å². The van der Waals surface area contributed by atoms with E-state index in [1.807, 2.05) is 66.8 Å². The van der Waals surface area contributed by atoms with E-state index in [0.717, 1.165) is 27.3 Å². The first kappa shape index (κ1) is 16.8. The summed E-state index contributed by atoms with van der Waals surface area (Å²) in [5, 5.41) is 3.15. The fraction of sp³-hybridized carbons (Fsp3) is 0. The Bertz CT molecular complexity index is 884. The number of anilines is 2. The van der Waals surface area contributed by atoms with Crippen LogP contribution in [0.4, 0.5) is 11.6 Å². The summed E-state index contributed by atoms with van der Waals surface area (Å²) in [6.07, 6.45) is 11.0. The Labute approximate surface area is 152 Å². The predicted octanol–water partition coefficient (Wildman–Crippen LogP) is 4.61. The third-order valence-corrected chi connectivity index (χ3v) is 3.82. The summed E-state index contributed by atoms with van der Waals surface area (Å²) in [6.45, 7) is 0. The Kier molecular flexibility index (Phi) is 5.49. The molecule has 0 atom stereocenters. The first-order valence-corrected chi connectivity index (χ1v) is 8.23. The molecule has 0 amide bonds. The van der Waals surface area contributed by atoms with Crippen molar-refractivity contribution in [2.24, 2.45) is 5.73 Å². The van der Waals surface area contributed by atoms with Crippen molar-refractivity contribution in [2.45, 2.75) is 4.90 Å². The summed E-state index contributed by atoms with van der Waals surface area (Å²) in [5.74, 6) is 0.551. The third kappa shape index (κ3) is 4.71. The molecule has 3 aromatic rings. The smallest absolute Gasteiger partial charge is 0.227 e. The van der Waals surface area contributed by atoms with Crippen LogP contribution in [0.5, 0.6) is 0 Å². The van der Waals surface area contributed by atoms with Crippen LogP contribution in [0.25, 0.3) is 18.2 Å². The first-order valence-electron chi connectivity index (χ1n) is 7.78. The fourth-order valence-electron chi connectivity index (χ4n) is 2.27. The molecule has 124 valence electrons. The first-order chi connectivity index (χ1) is 12.2. The lowest BCUT2D eigenvalue weighted by molar-refractivity contribution is 1.16. The number of nitrogens with one attached hydrogen (secondary N) is 1. The molecular formula is C20H18N4S. The normalized spacial score (nSPS) is 11.2. The van der Waals surface area contributed by atoms with E-state index < -0.39 is 0 Å². The number of benzene rings is 2. The van der Waals surface area contributed by atoms with E-state index in [-0.39, 0.29) is 0 Å². The van der Waals surface area contributed by atoms with Crippen LogP contribution in [0.15, 0.2) is 72.0 Å². The van der Waals surface area contributed by atoms with Gasteiger partial charge in [0.1, 0.15) is 0 Å². The largest absolute Gasteiger partial charge is 0.405 e. The molecule has 0 bridgehead atoms. The maximum atomic E-state index is 5.49. The average Bonchev–Trinajstić information content (AvgIpc) is 2.64. The molecule has 0 aliphatic carbocycles. The van der Waals surface area contributed by atoms with E-state index >= 15 is 0 Å². The van der Waals surface area contributed by atoms with Crippen molar-refractivity contribution in [1.82, 2.24) is 9.97 Å². The number of rotatable bonds is 5. The van der Waals surface area contributed by atoms with Gasteiger partial charge in [-0.25, -0.2) is 9.97 Å². The number of nitrogens with zero attached hydrogens (tertiary/aromatic N) is 2. The zero-order valence-electron chi connectivity index (χ0n) is 13.5. The number of hydrogen-bond acceptors (Lipinski definition) is 5. The third-order valence-electron chi connectivity index (χ3n) is 3.52. The average molecular weight is 346 g/mol. The second-order valence-corrected chi connectivity index (χ2v) is 5.85. The Balaban J connectivity index is 1.71. The molecule has 25 heavy (non-hydrogen) atoms. The maximum Gasteiger partial charge on any atom is 0.227 e. The number of thiol groups is 1. The SMILES string of the molecule is N/C=C\c1ccccc1/C=C/c1cnc(Nc2ccc(S)cc2)nc1. The van der Waals surface area contributed by atoms with Crippen molar-refractivity contribution < 1.29 is 0 Å². The van der Waals surface area contributed by atoms with Crippen molar-refractivity contribution >= 4 is 42.5 Å². The highest BCUT2D eigenvalue weighted by atomic mass is 32.1. The minimum Gasteiger partial charge on any atom is -0.405 e. The van der Waals surface area contributed by atoms with Gasteiger partial charge in [-0.2, -0.15) is 0 Å². The van der Waals surface area contributed by atoms with Gasteiger partial charge in [-0.1, -0.05) is 36.4 Å². The van der Waals surface area contributed by atoms with Gasteiger partial charge in [-0.15, -0.1) is 12.6 Å². The summed E-state index contributed by atoms with van der Waals surface area (Å²) < 4.78 is 0. The van der Waals surface area contributed by atoms with Gasteiger partial charge < -0.3 is 11.1 Å². The lowest BCUT2D eigenvalue weighted by Crippen LogP contribution is -1.96. The van der Waals surface area contributed by atoms with Crippen molar-refractivity contribution in [3.8, 4) is 0 Å². The summed E-state index contributed by atoms with van der Waals surface area (Å²) in [4.78, 5) is 9.60. The van der Waals surface area contributed by atoms with Crippen LogP contribution < -0.4 is 11.1 Å². The summed E-state index contributed by atoms with van der Waals surface area (Å²) in [5.41, 5.74) is 9.47. The molecule has 0 saturated heterocycles. The van der Waals surface area contributed by atoms with E-state index in [0.29, 0.717) is 5.95 Å². The molecule has 2 aromatic carbocycles. The van der Waals surface area contributed by atoms with Gasteiger partial charge in [0.25, 0.3) is 0 Å². The number of hydrogen-bond donors (Lipinski definition) is 3. The van der Waals surface area contributed by atoms with Gasteiger partial charge in [-0.05, 0) is 47.7 Å². The Morgan fingerprint density at radius 3 is 2.12 bits per heavy atom. The fourth-order valence-corrected chi connectivity index (χ4v) is 2.42. The predicted molar refractivity (Wildman–Crippen MR) is 108 cm³/mol. The highest BCUT2D eigenvalue weighted by Gasteiger charge is 1.98. The molecule has 3 rings (SSSR count). The van der Waals surface area contributed by atoms with Gasteiger partial charge >= 0.3 is 0 Å². The molecule has 0 unspecified atom stereocenters. The van der Waals surface area contributed by atoms with Gasteiger partial charge in [0, 0.05) is 28.5 Å². The van der Waals surface area contributed by atoms with E-state index in [9.17, 15) is 0 Å². The van der Waals surface area contributed by atoms with Gasteiger partial charge in [0.2, 0.25) is 5.95 Å². The van der Waals surface area contributed by atoms with E-state index in [1.54, 1.807) is 12.4 Å². The van der Waals surface area contributed by atoms with E-state index in [2.05, 4.69) is 27.9 Å². The molecular weight excluding hydrogens is 328 g/mol. The summed E-state index contributed by atoms with van der Waals surface area (Å²) >= 11 is 4.27. The highest BCUT2D eigenvalue weighted by molar-refractivity contribution is 7.80. The lowest BCUT2D eigenvalue weighted by Gasteiger charge is -2.05. The minimum atomic E-state index is 0.551. The molecule has 0 aliphatic rings. The van der Waals surface area contributed by atoms with Crippen LogP contribution in [0, 0.1) is 0 Å². The standard InChI is InChI=1S/C20H18N4S/c21-12-11-17-4-2-1-3-16(17)6-5-15-13-22-20(23-14-15)24-18-7-9-19(25)10-8-18/h1-14,25H,21H2,(H,22,23,24)/b6-5+,12-11-. The monoisotopic (exact) mass is 346 g/mol. The number of nitrogens with two attached hydrogens (primary N) is 1. The van der Waals surface area contributed by atoms with Crippen LogP contribution >= 0.6 is 12.6 Å². The zero-order valence-corrected chi connectivity index (χ0v) is 14.4. The van der Waals surface area contributed by atoms with Crippen LogP contribution in [0.1, 0.15) is 16.7 Å². The van der Waals surface area contributed by atoms with Crippen LogP contribution in [-0.2, 0) is 0 Å². The Hall–Kier alpha value is -3.05. The molecule has 1 aromatic heterocycles. The molecule has 0 saturated carbocycles.